The third-order valence-corrected chi connectivity index (χ3v) is 8.98. The standard InChI is InChI=1S/C27H22Cl2FN3O3S/c1-31-15-11-20(30)24-21(12-15)37-26(32-24)27(34)9-7-16(8-10-27)35-13-17-23(33-36-25(17)14-5-6-14)22-18(28)3-2-4-19(22)29/h2-4,11-12,14,16,34H,5-10,13H2. The Hall–Kier alpha value is -2.54. The summed E-state index contributed by atoms with van der Waals surface area (Å²) >= 11 is 14.2. The average molecular weight is 558 g/mol. The molecule has 0 bridgehead atoms. The lowest BCUT2D eigenvalue weighted by Gasteiger charge is -2.34. The molecule has 37 heavy (non-hydrogen) atoms. The summed E-state index contributed by atoms with van der Waals surface area (Å²) in [6, 6.07) is 8.13. The average Bonchev–Trinajstić information content (AvgIpc) is 3.49. The molecule has 2 aliphatic carbocycles. The van der Waals surface area contributed by atoms with Crippen molar-refractivity contribution in [2.45, 2.75) is 62.8 Å². The van der Waals surface area contributed by atoms with Gasteiger partial charge in [-0.25, -0.2) is 14.2 Å². The van der Waals surface area contributed by atoms with E-state index < -0.39 is 11.4 Å². The minimum Gasteiger partial charge on any atom is -0.383 e. The summed E-state index contributed by atoms with van der Waals surface area (Å²) in [5.74, 6) is 0.621. The van der Waals surface area contributed by atoms with Gasteiger partial charge in [-0.2, -0.15) is 0 Å². The van der Waals surface area contributed by atoms with Crippen LogP contribution in [0.25, 0.3) is 26.3 Å². The first kappa shape index (κ1) is 24.8. The maximum atomic E-state index is 14.4. The van der Waals surface area contributed by atoms with Crippen molar-refractivity contribution in [3.63, 3.8) is 0 Å². The second-order valence-corrected chi connectivity index (χ2v) is 11.5. The van der Waals surface area contributed by atoms with Crippen LogP contribution < -0.4 is 0 Å². The van der Waals surface area contributed by atoms with Gasteiger partial charge in [-0.1, -0.05) is 34.4 Å². The highest BCUT2D eigenvalue weighted by molar-refractivity contribution is 7.18. The van der Waals surface area contributed by atoms with E-state index in [9.17, 15) is 9.50 Å². The summed E-state index contributed by atoms with van der Waals surface area (Å²) in [4.78, 5) is 7.71. The number of aromatic nitrogens is 2. The fraction of sp³-hybridized carbons (Fsp3) is 0.370. The molecule has 1 N–H and O–H groups in total. The van der Waals surface area contributed by atoms with Crippen LogP contribution in [0.15, 0.2) is 34.9 Å². The van der Waals surface area contributed by atoms with Crippen LogP contribution in [0, 0.1) is 12.4 Å². The number of aliphatic hydroxyl groups is 1. The second-order valence-electron chi connectivity index (χ2n) is 9.69. The lowest BCUT2D eigenvalue weighted by atomic mass is 9.83. The Morgan fingerprint density at radius 3 is 2.59 bits per heavy atom. The van der Waals surface area contributed by atoms with Crippen molar-refractivity contribution >= 4 is 50.4 Å². The number of halogens is 3. The largest absolute Gasteiger partial charge is 0.383 e. The van der Waals surface area contributed by atoms with Gasteiger partial charge in [-0.15, -0.1) is 11.3 Å². The van der Waals surface area contributed by atoms with Crippen LogP contribution in [0.1, 0.15) is 60.8 Å². The zero-order valence-electron chi connectivity index (χ0n) is 19.6. The lowest BCUT2D eigenvalue weighted by molar-refractivity contribution is -0.0641. The fourth-order valence-electron chi connectivity index (χ4n) is 4.94. The Morgan fingerprint density at radius 1 is 1.19 bits per heavy atom. The predicted molar refractivity (Wildman–Crippen MR) is 141 cm³/mol. The molecule has 0 spiro atoms. The molecule has 2 aromatic heterocycles. The lowest BCUT2D eigenvalue weighted by Crippen LogP contribution is -2.34. The number of thiazole rings is 1. The first-order valence-electron chi connectivity index (χ1n) is 12.1. The van der Waals surface area contributed by atoms with Crippen LogP contribution in [0.3, 0.4) is 0 Å². The van der Waals surface area contributed by atoms with Crippen molar-refractivity contribution < 1.29 is 18.8 Å². The third kappa shape index (κ3) is 4.64. The molecule has 6 rings (SSSR count). The van der Waals surface area contributed by atoms with Gasteiger partial charge in [0.1, 0.15) is 33.4 Å². The highest BCUT2D eigenvalue weighted by Gasteiger charge is 2.39. The quantitative estimate of drug-likeness (QED) is 0.242. The van der Waals surface area contributed by atoms with E-state index in [1.54, 1.807) is 24.3 Å². The molecule has 0 aliphatic heterocycles. The van der Waals surface area contributed by atoms with Gasteiger partial charge in [0, 0.05) is 21.7 Å². The number of nitrogens with zero attached hydrogens (tertiary/aromatic N) is 3. The maximum absolute atomic E-state index is 14.4. The van der Waals surface area contributed by atoms with E-state index in [-0.39, 0.29) is 17.3 Å². The van der Waals surface area contributed by atoms with Crippen molar-refractivity contribution in [1.82, 2.24) is 10.1 Å². The molecule has 2 heterocycles. The van der Waals surface area contributed by atoms with E-state index >= 15 is 0 Å². The summed E-state index contributed by atoms with van der Waals surface area (Å²) in [6.45, 7) is 7.46. The molecular formula is C27H22Cl2FN3O3S. The molecule has 0 saturated heterocycles. The molecule has 10 heteroatoms. The summed E-state index contributed by atoms with van der Waals surface area (Å²) in [6.07, 6.45) is 4.15. The molecule has 0 amide bonds. The van der Waals surface area contributed by atoms with Crippen LogP contribution >= 0.6 is 34.5 Å². The second kappa shape index (κ2) is 9.64. The van der Waals surface area contributed by atoms with E-state index in [0.29, 0.717) is 69.2 Å². The van der Waals surface area contributed by atoms with Crippen LogP contribution in [0.2, 0.25) is 10.0 Å². The van der Waals surface area contributed by atoms with E-state index in [2.05, 4.69) is 15.0 Å². The van der Waals surface area contributed by atoms with E-state index in [4.69, 9.17) is 39.0 Å². The molecule has 2 aromatic carbocycles. The van der Waals surface area contributed by atoms with Crippen molar-refractivity contribution in [2.24, 2.45) is 0 Å². The Bertz CT molecular complexity index is 1510. The Balaban J connectivity index is 1.18. The number of hydrogen-bond donors (Lipinski definition) is 1. The first-order valence-corrected chi connectivity index (χ1v) is 13.7. The summed E-state index contributed by atoms with van der Waals surface area (Å²) in [5, 5.41) is 17.2. The number of ether oxygens (including phenoxy) is 1. The molecule has 2 fully saturated rings. The highest BCUT2D eigenvalue weighted by atomic mass is 35.5. The van der Waals surface area contributed by atoms with E-state index in [1.807, 2.05) is 0 Å². The molecule has 0 unspecified atom stereocenters. The van der Waals surface area contributed by atoms with Crippen molar-refractivity contribution in [2.75, 3.05) is 0 Å². The fourth-order valence-corrected chi connectivity index (χ4v) is 6.67. The Morgan fingerprint density at radius 2 is 1.92 bits per heavy atom. The maximum Gasteiger partial charge on any atom is 0.191 e. The number of hydrogen-bond acceptors (Lipinski definition) is 6. The first-order chi connectivity index (χ1) is 17.9. The minimum absolute atomic E-state index is 0.0726. The topological polar surface area (TPSA) is 72.7 Å². The molecular weight excluding hydrogens is 536 g/mol. The van der Waals surface area contributed by atoms with Gasteiger partial charge < -0.3 is 14.4 Å². The Labute approximate surface area is 226 Å². The molecule has 2 saturated carbocycles. The monoisotopic (exact) mass is 557 g/mol. The van der Waals surface area contributed by atoms with Crippen molar-refractivity contribution in [3.05, 3.63) is 73.9 Å². The minimum atomic E-state index is -1.15. The van der Waals surface area contributed by atoms with Gasteiger partial charge in [-0.05, 0) is 62.8 Å². The third-order valence-electron chi connectivity index (χ3n) is 7.15. The van der Waals surface area contributed by atoms with E-state index in [1.165, 1.54) is 17.4 Å². The number of benzene rings is 2. The van der Waals surface area contributed by atoms with Crippen LogP contribution in [0.4, 0.5) is 10.1 Å². The molecule has 0 radical (unpaired) electrons. The molecule has 2 aliphatic rings. The van der Waals surface area contributed by atoms with Crippen LogP contribution in [-0.4, -0.2) is 21.4 Å². The summed E-state index contributed by atoms with van der Waals surface area (Å²) in [5.41, 5.74) is 1.39. The molecule has 0 atom stereocenters. The van der Waals surface area contributed by atoms with Gasteiger partial charge >= 0.3 is 0 Å². The number of rotatable bonds is 6. The van der Waals surface area contributed by atoms with Gasteiger partial charge in [0.2, 0.25) is 0 Å². The van der Waals surface area contributed by atoms with Gasteiger partial charge in [0.15, 0.2) is 5.69 Å². The summed E-state index contributed by atoms with van der Waals surface area (Å²) < 4.78 is 27.0. The van der Waals surface area contributed by atoms with Crippen LogP contribution in [-0.2, 0) is 16.9 Å². The van der Waals surface area contributed by atoms with Gasteiger partial charge in [-0.3, -0.25) is 0 Å². The zero-order valence-corrected chi connectivity index (χ0v) is 22.0. The molecule has 190 valence electrons. The van der Waals surface area contributed by atoms with Crippen molar-refractivity contribution in [3.8, 4) is 11.3 Å². The summed E-state index contributed by atoms with van der Waals surface area (Å²) in [7, 11) is 0. The Kier molecular flexibility index (Phi) is 6.46. The smallest absolute Gasteiger partial charge is 0.191 e. The van der Waals surface area contributed by atoms with Crippen LogP contribution in [0.5, 0.6) is 0 Å². The molecule has 4 aromatic rings. The van der Waals surface area contributed by atoms with E-state index in [0.717, 1.165) is 24.2 Å². The SMILES string of the molecule is [C-]#[N+]c1cc(F)c2nc(C3(O)CCC(OCc4c(-c5c(Cl)cccc5Cl)noc4C4CC4)CC3)sc2c1. The predicted octanol–water partition coefficient (Wildman–Crippen LogP) is 8.17. The van der Waals surface area contributed by atoms with Gasteiger partial charge in [0.05, 0.1) is 29.3 Å². The zero-order chi connectivity index (χ0) is 25.7. The van der Waals surface area contributed by atoms with Crippen molar-refractivity contribution in [1.29, 1.82) is 0 Å². The van der Waals surface area contributed by atoms with Gasteiger partial charge in [0.25, 0.3) is 0 Å². The highest BCUT2D eigenvalue weighted by Crippen LogP contribution is 2.47. The normalized spacial score (nSPS) is 21.9. The molecule has 6 nitrogen and oxygen atoms in total. The number of fused-ring (bicyclic) bond motifs is 1.